The fourth-order valence-corrected chi connectivity index (χ4v) is 0.954. The van der Waals surface area contributed by atoms with Gasteiger partial charge in [-0.15, -0.1) is 0 Å². The predicted molar refractivity (Wildman–Crippen MR) is 63.8 cm³/mol. The summed E-state index contributed by atoms with van der Waals surface area (Å²) in [4.78, 5) is 0. The van der Waals surface area contributed by atoms with Crippen LogP contribution in [0.1, 0.15) is 5.56 Å². The number of hydrogen-bond acceptors (Lipinski definition) is 2. The van der Waals surface area contributed by atoms with E-state index in [0.717, 1.165) is 0 Å². The van der Waals surface area contributed by atoms with E-state index in [1.807, 2.05) is 0 Å². The van der Waals surface area contributed by atoms with Gasteiger partial charge in [-0.1, -0.05) is 24.3 Å². The summed E-state index contributed by atoms with van der Waals surface area (Å²) in [5.41, 5.74) is 8.01. The minimum Gasteiger partial charge on any atom is -0.375 e. The van der Waals surface area contributed by atoms with Crippen molar-refractivity contribution >= 4 is 29.6 Å². The number of benzene rings is 1. The minimum atomic E-state index is -0.274. The second-order valence-corrected chi connectivity index (χ2v) is 3.07. The zero-order valence-electron chi connectivity index (χ0n) is 7.85. The number of nitrogens with two attached hydrogens (primary N) is 1. The van der Waals surface area contributed by atoms with Crippen LogP contribution in [-0.2, 0) is 0 Å². The molecule has 1 aromatic rings. The lowest BCUT2D eigenvalue weighted by Crippen LogP contribution is -2.23. The van der Waals surface area contributed by atoms with Gasteiger partial charge in [0, 0.05) is 11.8 Å². The molecule has 0 aromatic heterocycles. The first-order chi connectivity index (χ1) is 7.20. The van der Waals surface area contributed by atoms with E-state index in [1.54, 1.807) is 30.4 Å². The highest BCUT2D eigenvalue weighted by atomic mass is 32.1. The molecule has 78 valence electrons. The molecule has 0 unspecified atom stereocenters. The number of hydrogen-bond donors (Lipinski definition) is 2. The summed E-state index contributed by atoms with van der Waals surface area (Å²) >= 11 is 4.53. The molecule has 0 aliphatic heterocycles. The van der Waals surface area contributed by atoms with Gasteiger partial charge in [0.2, 0.25) is 0 Å². The van der Waals surface area contributed by atoms with E-state index in [2.05, 4.69) is 22.7 Å². The lowest BCUT2D eigenvalue weighted by molar-refractivity contribution is 0.625. The Morgan fingerprint density at radius 3 is 2.87 bits per heavy atom. The van der Waals surface area contributed by atoms with Crippen molar-refractivity contribution in [3.8, 4) is 0 Å². The summed E-state index contributed by atoms with van der Waals surface area (Å²) < 4.78 is 13.1. The van der Waals surface area contributed by atoms with E-state index in [-0.39, 0.29) is 10.9 Å². The number of hydrazone groups is 1. The van der Waals surface area contributed by atoms with E-state index in [1.165, 1.54) is 12.3 Å². The van der Waals surface area contributed by atoms with Crippen LogP contribution >= 0.6 is 12.2 Å². The monoisotopic (exact) mass is 223 g/mol. The average Bonchev–Trinajstić information content (AvgIpc) is 2.20. The summed E-state index contributed by atoms with van der Waals surface area (Å²) in [5, 5.41) is 3.75. The summed E-state index contributed by atoms with van der Waals surface area (Å²) in [6.07, 6.45) is 4.62. The summed E-state index contributed by atoms with van der Waals surface area (Å²) in [6, 6.07) is 6.45. The van der Waals surface area contributed by atoms with E-state index in [0.29, 0.717) is 5.56 Å². The number of thiocarbonyl (C=S) groups is 1. The number of allylic oxidation sites excluding steroid dienone is 1. The number of halogens is 1. The molecule has 0 aliphatic rings. The maximum atomic E-state index is 13.1. The van der Waals surface area contributed by atoms with Gasteiger partial charge in [0.25, 0.3) is 0 Å². The fraction of sp³-hybridized carbons (Fsp3) is 0. The van der Waals surface area contributed by atoms with Crippen LogP contribution in [0.5, 0.6) is 0 Å². The summed E-state index contributed by atoms with van der Waals surface area (Å²) in [6.45, 7) is 0. The zero-order chi connectivity index (χ0) is 11.1. The maximum Gasteiger partial charge on any atom is 0.184 e. The van der Waals surface area contributed by atoms with Crippen molar-refractivity contribution in [3.05, 3.63) is 41.7 Å². The predicted octanol–water partition coefficient (Wildman–Crippen LogP) is 1.66. The molecule has 0 heterocycles. The molecule has 0 atom stereocenters. The Bertz CT molecular complexity index is 401. The standard InChI is InChI=1S/C10H10FN3S/c11-9-6-2-1-4-8(9)5-3-7-13-14-10(12)15/h1-7H,(H3,12,14,15). The highest BCUT2D eigenvalue weighted by molar-refractivity contribution is 7.80. The van der Waals surface area contributed by atoms with Gasteiger partial charge in [0.05, 0.1) is 0 Å². The lowest BCUT2D eigenvalue weighted by atomic mass is 10.2. The van der Waals surface area contributed by atoms with Crippen molar-refractivity contribution < 1.29 is 4.39 Å². The molecule has 0 spiro atoms. The molecule has 0 aliphatic carbocycles. The van der Waals surface area contributed by atoms with Crippen LogP contribution < -0.4 is 11.2 Å². The van der Waals surface area contributed by atoms with E-state index < -0.39 is 0 Å². The largest absolute Gasteiger partial charge is 0.375 e. The molecule has 0 saturated carbocycles. The van der Waals surface area contributed by atoms with Crippen LogP contribution in [0.25, 0.3) is 6.08 Å². The van der Waals surface area contributed by atoms with Gasteiger partial charge in [-0.05, 0) is 24.4 Å². The smallest absolute Gasteiger partial charge is 0.184 e. The second kappa shape index (κ2) is 5.87. The van der Waals surface area contributed by atoms with E-state index in [4.69, 9.17) is 5.73 Å². The van der Waals surface area contributed by atoms with E-state index >= 15 is 0 Å². The highest BCUT2D eigenvalue weighted by Crippen LogP contribution is 2.07. The molecule has 3 N–H and O–H groups in total. The fourth-order valence-electron chi connectivity index (χ4n) is 0.901. The van der Waals surface area contributed by atoms with Crippen molar-refractivity contribution in [3.63, 3.8) is 0 Å². The molecule has 0 amide bonds. The SMILES string of the molecule is NC(=S)NN=CC=Cc1ccccc1F. The summed E-state index contributed by atoms with van der Waals surface area (Å²) in [5.74, 6) is -0.274. The Labute approximate surface area is 92.5 Å². The number of rotatable bonds is 3. The van der Waals surface area contributed by atoms with Crippen LogP contribution in [-0.4, -0.2) is 11.3 Å². The van der Waals surface area contributed by atoms with Crippen molar-refractivity contribution in [1.29, 1.82) is 0 Å². The molecule has 0 radical (unpaired) electrons. The topological polar surface area (TPSA) is 50.4 Å². The molecule has 5 heteroatoms. The molecule has 3 nitrogen and oxygen atoms in total. The van der Waals surface area contributed by atoms with Gasteiger partial charge in [-0.25, -0.2) is 4.39 Å². The van der Waals surface area contributed by atoms with Gasteiger partial charge in [0.1, 0.15) is 5.82 Å². The quantitative estimate of drug-likeness (QED) is 0.465. The van der Waals surface area contributed by atoms with Gasteiger partial charge in [0.15, 0.2) is 5.11 Å². The minimum absolute atomic E-state index is 0.0885. The molecular formula is C10H10FN3S. The molecule has 1 rings (SSSR count). The van der Waals surface area contributed by atoms with Crippen LogP contribution in [0.15, 0.2) is 35.4 Å². The third-order valence-electron chi connectivity index (χ3n) is 1.52. The van der Waals surface area contributed by atoms with Crippen molar-refractivity contribution in [2.75, 3.05) is 0 Å². The van der Waals surface area contributed by atoms with Crippen LogP contribution in [0, 0.1) is 5.82 Å². The van der Waals surface area contributed by atoms with Gasteiger partial charge < -0.3 is 5.73 Å². The van der Waals surface area contributed by atoms with Gasteiger partial charge in [-0.3, -0.25) is 5.43 Å². The normalized spacial score (nSPS) is 11.0. The maximum absolute atomic E-state index is 13.1. The Morgan fingerprint density at radius 1 is 1.47 bits per heavy atom. The Hall–Kier alpha value is -1.75. The summed E-state index contributed by atoms with van der Waals surface area (Å²) in [7, 11) is 0. The first-order valence-corrected chi connectivity index (χ1v) is 4.60. The average molecular weight is 223 g/mol. The Kier molecular flexibility index (Phi) is 4.43. The number of nitrogens with zero attached hydrogens (tertiary/aromatic N) is 1. The second-order valence-electron chi connectivity index (χ2n) is 2.63. The first-order valence-electron chi connectivity index (χ1n) is 4.20. The molecule has 1 aromatic carbocycles. The lowest BCUT2D eigenvalue weighted by Gasteiger charge is -1.93. The van der Waals surface area contributed by atoms with E-state index in [9.17, 15) is 4.39 Å². The molecular weight excluding hydrogens is 213 g/mol. The van der Waals surface area contributed by atoms with Crippen molar-refractivity contribution in [2.24, 2.45) is 10.8 Å². The van der Waals surface area contributed by atoms with Crippen LogP contribution in [0.4, 0.5) is 4.39 Å². The number of nitrogens with one attached hydrogen (secondary N) is 1. The molecule has 15 heavy (non-hydrogen) atoms. The molecule has 0 saturated heterocycles. The third-order valence-corrected chi connectivity index (χ3v) is 1.61. The molecule has 0 bridgehead atoms. The van der Waals surface area contributed by atoms with Crippen LogP contribution in [0.3, 0.4) is 0 Å². The van der Waals surface area contributed by atoms with Crippen LogP contribution in [0.2, 0.25) is 0 Å². The zero-order valence-corrected chi connectivity index (χ0v) is 8.67. The highest BCUT2D eigenvalue weighted by Gasteiger charge is 1.93. The van der Waals surface area contributed by atoms with Crippen molar-refractivity contribution in [2.45, 2.75) is 0 Å². The first kappa shape index (κ1) is 11.3. The van der Waals surface area contributed by atoms with Crippen molar-refractivity contribution in [1.82, 2.24) is 5.43 Å². The Morgan fingerprint density at radius 2 is 2.20 bits per heavy atom. The van der Waals surface area contributed by atoms with Gasteiger partial charge >= 0.3 is 0 Å². The Balaban J connectivity index is 2.55. The van der Waals surface area contributed by atoms with Gasteiger partial charge in [-0.2, -0.15) is 5.10 Å². The third kappa shape index (κ3) is 4.33. The molecule has 0 fully saturated rings.